The second-order valence-corrected chi connectivity index (χ2v) is 18.1. The minimum absolute atomic E-state index is 0.0325. The SMILES string of the molecule is CN1CCN(CC2CCC2)CC1.Cn1c(=O)n(C2CCC(=O)NC2=O)c2ccccc21.O=C(Nc1cn(C2CCCCC2)nc1C(F)F)c1cnn2ccc(N3CC4CC3CO4)nc12. The molecule has 11 rings (SSSR count). The number of amides is 3. The van der Waals surface area contributed by atoms with Crippen LogP contribution < -0.4 is 21.2 Å². The molecular formula is C45H58F2N12O5. The third-order valence-electron chi connectivity index (χ3n) is 13.8. The number of nitrogens with one attached hydrogen (secondary N) is 2. The number of anilines is 2. The molecule has 342 valence electrons. The van der Waals surface area contributed by atoms with E-state index in [1.54, 1.807) is 24.0 Å². The molecular weight excluding hydrogens is 827 g/mol. The van der Waals surface area contributed by atoms with Crippen molar-refractivity contribution in [2.45, 2.75) is 101 Å². The van der Waals surface area contributed by atoms with E-state index < -0.39 is 30.0 Å². The molecule has 17 nitrogen and oxygen atoms in total. The lowest BCUT2D eigenvalue weighted by molar-refractivity contribution is -0.135. The number of ether oxygens (including phenoxy) is 1. The number of halogens is 2. The first-order valence-corrected chi connectivity index (χ1v) is 22.8. The van der Waals surface area contributed by atoms with Crippen LogP contribution in [0.25, 0.3) is 16.7 Å². The Hall–Kier alpha value is -5.53. The van der Waals surface area contributed by atoms with E-state index in [4.69, 9.17) is 4.74 Å². The third-order valence-corrected chi connectivity index (χ3v) is 13.8. The van der Waals surface area contributed by atoms with Crippen molar-refractivity contribution in [2.24, 2.45) is 13.0 Å². The molecule has 5 aromatic rings. The highest BCUT2D eigenvalue weighted by Gasteiger charge is 2.40. The zero-order chi connectivity index (χ0) is 44.5. The normalized spacial score (nSPS) is 23.2. The van der Waals surface area contributed by atoms with Crippen molar-refractivity contribution in [1.82, 2.24) is 48.6 Å². The van der Waals surface area contributed by atoms with Crippen molar-refractivity contribution in [3.63, 3.8) is 0 Å². The molecule has 2 bridgehead atoms. The maximum atomic E-state index is 13.7. The number of piperazine rings is 1. The van der Waals surface area contributed by atoms with Crippen LogP contribution in [0.1, 0.15) is 105 Å². The fourth-order valence-electron chi connectivity index (χ4n) is 9.86. The summed E-state index contributed by atoms with van der Waals surface area (Å²) in [5.74, 6) is 0.579. The van der Waals surface area contributed by atoms with E-state index in [1.165, 1.54) is 78.0 Å². The van der Waals surface area contributed by atoms with Gasteiger partial charge in [0.05, 0.1) is 47.7 Å². The number of benzene rings is 1. The molecule has 4 aliphatic heterocycles. The Bertz CT molecular complexity index is 2530. The average Bonchev–Trinajstić information content (AvgIpc) is 4.14. The smallest absolute Gasteiger partial charge is 0.329 e. The summed E-state index contributed by atoms with van der Waals surface area (Å²) in [5, 5.41) is 13.2. The van der Waals surface area contributed by atoms with Crippen LogP contribution in [0.3, 0.4) is 0 Å². The number of fused-ring (bicyclic) bond motifs is 4. The number of rotatable bonds is 8. The van der Waals surface area contributed by atoms with E-state index in [9.17, 15) is 28.0 Å². The molecule has 0 spiro atoms. The van der Waals surface area contributed by atoms with Crippen LogP contribution in [-0.2, 0) is 21.4 Å². The molecule has 2 N–H and O–H groups in total. The van der Waals surface area contributed by atoms with Gasteiger partial charge < -0.3 is 24.8 Å². The van der Waals surface area contributed by atoms with E-state index in [0.29, 0.717) is 24.2 Å². The maximum absolute atomic E-state index is 13.7. The van der Waals surface area contributed by atoms with E-state index in [1.807, 2.05) is 24.3 Å². The van der Waals surface area contributed by atoms with Crippen molar-refractivity contribution in [2.75, 3.05) is 63.1 Å². The highest BCUT2D eigenvalue weighted by Crippen LogP contribution is 2.34. The van der Waals surface area contributed by atoms with Gasteiger partial charge in [-0.05, 0) is 69.7 Å². The largest absolute Gasteiger partial charge is 0.374 e. The van der Waals surface area contributed by atoms with Gasteiger partial charge in [0.2, 0.25) is 11.8 Å². The summed E-state index contributed by atoms with van der Waals surface area (Å²) in [5.41, 5.74) is 1.48. The maximum Gasteiger partial charge on any atom is 0.329 e. The summed E-state index contributed by atoms with van der Waals surface area (Å²) in [6.07, 6.45) is 13.3. The molecule has 6 fully saturated rings. The monoisotopic (exact) mass is 884 g/mol. The van der Waals surface area contributed by atoms with Crippen molar-refractivity contribution < 1.29 is 27.9 Å². The van der Waals surface area contributed by atoms with E-state index in [0.717, 1.165) is 62.3 Å². The molecule has 19 heteroatoms. The first-order valence-electron chi connectivity index (χ1n) is 22.8. The van der Waals surface area contributed by atoms with E-state index in [-0.39, 0.29) is 47.5 Å². The van der Waals surface area contributed by atoms with Crippen molar-refractivity contribution in [3.8, 4) is 0 Å². The molecule has 3 unspecified atom stereocenters. The van der Waals surface area contributed by atoms with E-state index in [2.05, 4.69) is 47.6 Å². The number of para-hydroxylation sites is 2. The van der Waals surface area contributed by atoms with Gasteiger partial charge in [-0.3, -0.25) is 33.5 Å². The Morgan fingerprint density at radius 1 is 0.938 bits per heavy atom. The van der Waals surface area contributed by atoms with Crippen LogP contribution in [-0.4, -0.2) is 126 Å². The molecule has 6 aliphatic rings. The molecule has 1 aromatic carbocycles. The van der Waals surface area contributed by atoms with Crippen molar-refractivity contribution in [3.05, 3.63) is 70.7 Å². The van der Waals surface area contributed by atoms with Crippen molar-refractivity contribution in [1.29, 1.82) is 0 Å². The number of aromatic nitrogens is 7. The van der Waals surface area contributed by atoms with E-state index >= 15 is 0 Å². The standard InChI is InChI=1S/C22H25F2N7O2.C13H13N3O3.C10H20N2/c23-20(24)19-17(11-31(28-19)13-4-2-1-3-5-13)26-22(32)16-9-25-30-7-6-18(27-21(16)30)29-10-15-8-14(29)12-33-15;1-15-8-4-2-3-5-9(8)16(13(15)19)10-6-7-11(17)14-12(10)18;1-11-5-7-12(8-6-11)9-10-3-2-4-10/h6-7,9,11,13-15,20H,1-5,8,10,12H2,(H,26,32);2-5,10H,6-7H2,1H3,(H,14,17,18);10H,2-9H2,1H3. The highest BCUT2D eigenvalue weighted by atomic mass is 19.3. The van der Waals surface area contributed by atoms with Crippen LogP contribution in [0, 0.1) is 5.92 Å². The number of carbonyl (C=O) groups is 3. The summed E-state index contributed by atoms with van der Waals surface area (Å²) < 4.78 is 39.1. The number of imide groups is 1. The Balaban J connectivity index is 0.000000140. The number of piperidine rings is 1. The number of alkyl halides is 2. The summed E-state index contributed by atoms with van der Waals surface area (Å²) in [7, 11) is 3.90. The van der Waals surface area contributed by atoms with Crippen LogP contribution in [0.5, 0.6) is 0 Å². The highest BCUT2D eigenvalue weighted by molar-refractivity contribution is 6.08. The van der Waals surface area contributed by atoms with Gasteiger partial charge in [-0.25, -0.2) is 23.1 Å². The van der Waals surface area contributed by atoms with Gasteiger partial charge in [0.15, 0.2) is 11.3 Å². The zero-order valence-corrected chi connectivity index (χ0v) is 36.6. The Kier molecular flexibility index (Phi) is 12.9. The topological polar surface area (TPSA) is 169 Å². The van der Waals surface area contributed by atoms with Gasteiger partial charge in [-0.1, -0.05) is 37.8 Å². The number of hydrogen-bond acceptors (Lipinski definition) is 11. The fraction of sp³-hybridized carbons (Fsp3) is 0.578. The molecule has 2 saturated carbocycles. The number of imidazole rings is 1. The lowest BCUT2D eigenvalue weighted by Gasteiger charge is -2.37. The minimum Gasteiger partial charge on any atom is -0.374 e. The minimum atomic E-state index is -2.79. The molecule has 64 heavy (non-hydrogen) atoms. The molecule has 0 radical (unpaired) electrons. The molecule has 8 heterocycles. The molecule has 2 aliphatic carbocycles. The number of nitrogens with zero attached hydrogens (tertiary/aromatic N) is 10. The summed E-state index contributed by atoms with van der Waals surface area (Å²) in [6.45, 7) is 7.96. The summed E-state index contributed by atoms with van der Waals surface area (Å²) >= 11 is 0. The molecule has 4 aromatic heterocycles. The van der Waals surface area contributed by atoms with Gasteiger partial charge >= 0.3 is 5.69 Å². The van der Waals surface area contributed by atoms with Gasteiger partial charge in [0.1, 0.15) is 17.4 Å². The average molecular weight is 885 g/mol. The molecule has 3 atom stereocenters. The Morgan fingerprint density at radius 3 is 2.38 bits per heavy atom. The molecule has 4 saturated heterocycles. The lowest BCUT2D eigenvalue weighted by atomic mass is 9.85. The van der Waals surface area contributed by atoms with Gasteiger partial charge in [-0.15, -0.1) is 0 Å². The predicted octanol–water partition coefficient (Wildman–Crippen LogP) is 4.95. The number of likely N-dealkylation sites (N-methyl/N-ethyl adjacent to an activating group) is 1. The number of aryl methyl sites for hydroxylation is 1. The second-order valence-electron chi connectivity index (χ2n) is 18.1. The predicted molar refractivity (Wildman–Crippen MR) is 236 cm³/mol. The zero-order valence-electron chi connectivity index (χ0n) is 36.6. The number of morpholine rings is 1. The van der Waals surface area contributed by atoms with Crippen LogP contribution >= 0.6 is 0 Å². The van der Waals surface area contributed by atoms with Crippen molar-refractivity contribution >= 4 is 45.9 Å². The van der Waals surface area contributed by atoms with Crippen LogP contribution in [0.4, 0.5) is 20.3 Å². The van der Waals surface area contributed by atoms with Gasteiger partial charge in [0, 0.05) is 65.1 Å². The Labute approximate surface area is 369 Å². The number of carbonyl (C=O) groups excluding carboxylic acids is 3. The third kappa shape index (κ3) is 9.19. The quantitative estimate of drug-likeness (QED) is 0.202. The first-order chi connectivity index (χ1) is 31.0. The van der Waals surface area contributed by atoms with Crippen LogP contribution in [0.15, 0.2) is 53.7 Å². The second kappa shape index (κ2) is 18.9. The molecule has 3 amide bonds. The summed E-state index contributed by atoms with van der Waals surface area (Å²) in [6, 6.07) is 8.93. The van der Waals surface area contributed by atoms with Crippen LogP contribution in [0.2, 0.25) is 0 Å². The van der Waals surface area contributed by atoms with Gasteiger partial charge in [0.25, 0.3) is 12.3 Å². The van der Waals surface area contributed by atoms with Gasteiger partial charge in [-0.2, -0.15) is 10.2 Å². The summed E-state index contributed by atoms with van der Waals surface area (Å²) in [4.78, 5) is 60.4. The first kappa shape index (κ1) is 43.7. The number of hydrogen-bond donors (Lipinski definition) is 2. The lowest BCUT2D eigenvalue weighted by Crippen LogP contribution is -2.46. The fourth-order valence-corrected chi connectivity index (χ4v) is 9.86. The Morgan fingerprint density at radius 2 is 1.70 bits per heavy atom.